The van der Waals surface area contributed by atoms with E-state index in [1.54, 1.807) is 17.0 Å². The monoisotopic (exact) mass is 356 g/mol. The minimum atomic E-state index is -0.436. The molecule has 0 N–H and O–H groups in total. The summed E-state index contributed by atoms with van der Waals surface area (Å²) in [7, 11) is 0. The largest absolute Gasteiger partial charge is 0.486 e. The Morgan fingerprint density at radius 3 is 2.54 bits per heavy atom. The lowest BCUT2D eigenvalue weighted by Gasteiger charge is -2.45. The zero-order valence-corrected chi connectivity index (χ0v) is 14.9. The molecule has 5 rings (SSSR count). The minimum Gasteiger partial charge on any atom is -0.486 e. The molecule has 3 aliphatic heterocycles. The van der Waals surface area contributed by atoms with Gasteiger partial charge in [-0.2, -0.15) is 0 Å². The van der Waals surface area contributed by atoms with Crippen molar-refractivity contribution in [3.8, 4) is 11.5 Å². The van der Waals surface area contributed by atoms with Gasteiger partial charge < -0.3 is 9.47 Å². The van der Waals surface area contributed by atoms with Crippen molar-refractivity contribution < 1.29 is 19.1 Å². The molecule has 1 saturated carbocycles. The van der Waals surface area contributed by atoms with Crippen LogP contribution in [0.25, 0.3) is 0 Å². The van der Waals surface area contributed by atoms with Crippen LogP contribution in [0.4, 0.5) is 5.69 Å². The van der Waals surface area contributed by atoms with Crippen molar-refractivity contribution in [2.24, 2.45) is 5.92 Å². The topological polar surface area (TPSA) is 59.1 Å². The van der Waals surface area contributed by atoms with Crippen LogP contribution in [-0.2, 0) is 4.79 Å². The third-order valence-corrected chi connectivity index (χ3v) is 6.32. The van der Waals surface area contributed by atoms with Gasteiger partial charge in [-0.15, -0.1) is 0 Å². The van der Waals surface area contributed by atoms with E-state index in [2.05, 4.69) is 4.90 Å². The van der Waals surface area contributed by atoms with E-state index in [9.17, 15) is 9.59 Å². The van der Waals surface area contributed by atoms with Gasteiger partial charge >= 0.3 is 5.91 Å². The molecule has 1 amide bonds. The predicted octanol–water partition coefficient (Wildman–Crippen LogP) is 2.60. The summed E-state index contributed by atoms with van der Waals surface area (Å²) in [5, 5.41) is 0. The molecule has 4 aliphatic rings. The van der Waals surface area contributed by atoms with Crippen molar-refractivity contribution >= 4 is 17.4 Å². The lowest BCUT2D eigenvalue weighted by atomic mass is 9.78. The number of benzene rings is 1. The van der Waals surface area contributed by atoms with Crippen molar-refractivity contribution in [3.63, 3.8) is 0 Å². The van der Waals surface area contributed by atoms with E-state index >= 15 is 0 Å². The number of piperidine rings is 1. The third kappa shape index (κ3) is 2.50. The highest BCUT2D eigenvalue weighted by atomic mass is 16.6. The Kier molecular flexibility index (Phi) is 3.89. The third-order valence-electron chi connectivity index (χ3n) is 6.32. The van der Waals surface area contributed by atoms with Crippen molar-refractivity contribution in [1.82, 2.24) is 4.90 Å². The second-order valence-corrected chi connectivity index (χ2v) is 7.78. The maximum Gasteiger partial charge on any atom is 0.300 e. The molecule has 0 spiro atoms. The fraction of sp³-hybridized carbons (Fsp3) is 0.600. The van der Waals surface area contributed by atoms with E-state index < -0.39 is 11.7 Å². The highest BCUT2D eigenvalue weighted by molar-refractivity contribution is 6.52. The van der Waals surface area contributed by atoms with Crippen LogP contribution in [0.2, 0.25) is 0 Å². The molecule has 2 unspecified atom stereocenters. The molecule has 1 aliphatic carbocycles. The van der Waals surface area contributed by atoms with E-state index in [-0.39, 0.29) is 0 Å². The van der Waals surface area contributed by atoms with E-state index in [4.69, 9.17) is 9.47 Å². The van der Waals surface area contributed by atoms with E-state index in [1.807, 2.05) is 0 Å². The number of ketones is 1. The average molecular weight is 356 g/mol. The number of Topliss-reactive ketones (excluding diaryl/α,β-unsaturated/α-hetero) is 1. The minimum absolute atomic E-state index is 0.430. The summed E-state index contributed by atoms with van der Waals surface area (Å²) in [4.78, 5) is 29.3. The number of likely N-dealkylation sites (tertiary alicyclic amines) is 1. The van der Waals surface area contributed by atoms with E-state index in [0.717, 1.165) is 12.5 Å². The molecule has 0 radical (unpaired) electrons. The summed E-state index contributed by atoms with van der Waals surface area (Å²) >= 11 is 0. The predicted molar refractivity (Wildman–Crippen MR) is 95.8 cm³/mol. The number of ether oxygens (including phenoxy) is 2. The zero-order valence-electron chi connectivity index (χ0n) is 14.9. The first-order valence-corrected chi connectivity index (χ1v) is 9.76. The summed E-state index contributed by atoms with van der Waals surface area (Å²) in [5.41, 5.74) is 1.11. The molecule has 1 aromatic rings. The molecule has 0 aromatic heterocycles. The smallest absolute Gasteiger partial charge is 0.300 e. The van der Waals surface area contributed by atoms with Gasteiger partial charge in [-0.05, 0) is 37.7 Å². The van der Waals surface area contributed by atoms with Gasteiger partial charge in [0.25, 0.3) is 5.78 Å². The summed E-state index contributed by atoms with van der Waals surface area (Å²) < 4.78 is 11.2. The Labute approximate surface area is 153 Å². The molecule has 6 heteroatoms. The first-order valence-electron chi connectivity index (χ1n) is 9.76. The molecule has 2 fully saturated rings. The van der Waals surface area contributed by atoms with Crippen molar-refractivity contribution in [2.75, 3.05) is 31.3 Å². The SMILES string of the molecule is O=C1C(=O)N(CN2CCCC3CCCCC32)c2cc3c(cc21)OCCO3. The van der Waals surface area contributed by atoms with Gasteiger partial charge in [-0.3, -0.25) is 19.4 Å². The van der Waals surface area contributed by atoms with E-state index in [1.165, 1.54) is 38.5 Å². The number of amides is 1. The maximum atomic E-state index is 12.7. The van der Waals surface area contributed by atoms with Crippen LogP contribution in [0.5, 0.6) is 11.5 Å². The fourth-order valence-electron chi connectivity index (χ4n) is 5.06. The Morgan fingerprint density at radius 2 is 1.69 bits per heavy atom. The Balaban J connectivity index is 1.45. The molecule has 3 heterocycles. The van der Waals surface area contributed by atoms with Crippen LogP contribution in [-0.4, -0.2) is 49.1 Å². The first-order chi connectivity index (χ1) is 12.7. The van der Waals surface area contributed by atoms with Gasteiger partial charge in [-0.1, -0.05) is 12.8 Å². The fourth-order valence-corrected chi connectivity index (χ4v) is 5.06. The molecule has 26 heavy (non-hydrogen) atoms. The molecular formula is C20H24N2O4. The van der Waals surface area contributed by atoms with Crippen molar-refractivity contribution in [1.29, 1.82) is 0 Å². The van der Waals surface area contributed by atoms with Crippen LogP contribution in [0, 0.1) is 5.92 Å². The van der Waals surface area contributed by atoms with Crippen LogP contribution in [0.1, 0.15) is 48.9 Å². The lowest BCUT2D eigenvalue weighted by molar-refractivity contribution is -0.115. The van der Waals surface area contributed by atoms with Crippen LogP contribution >= 0.6 is 0 Å². The number of carbonyl (C=O) groups is 2. The standard InChI is InChI=1S/C20H24N2O4/c23-19-14-10-17-18(26-9-8-25-17)11-16(14)22(20(19)24)12-21-7-3-5-13-4-1-2-6-15(13)21/h10-11,13,15H,1-9,12H2. The van der Waals surface area contributed by atoms with Gasteiger partial charge in [0.15, 0.2) is 11.5 Å². The molecule has 138 valence electrons. The van der Waals surface area contributed by atoms with Gasteiger partial charge in [0.05, 0.1) is 17.9 Å². The second kappa shape index (κ2) is 6.27. The Hall–Kier alpha value is -2.08. The van der Waals surface area contributed by atoms with Gasteiger partial charge in [0, 0.05) is 18.7 Å². The number of anilines is 1. The molecule has 6 nitrogen and oxygen atoms in total. The number of carbonyl (C=O) groups excluding carboxylic acids is 2. The van der Waals surface area contributed by atoms with Gasteiger partial charge in [0.1, 0.15) is 13.2 Å². The number of nitrogens with zero attached hydrogens (tertiary/aromatic N) is 2. The van der Waals surface area contributed by atoms with E-state index in [0.29, 0.717) is 48.7 Å². The molecule has 0 bridgehead atoms. The summed E-state index contributed by atoms with van der Waals surface area (Å²) in [6.45, 7) is 2.45. The first kappa shape index (κ1) is 16.1. The average Bonchev–Trinajstić information content (AvgIpc) is 2.91. The summed E-state index contributed by atoms with van der Waals surface area (Å²) in [6, 6.07) is 4.01. The van der Waals surface area contributed by atoms with Crippen LogP contribution < -0.4 is 14.4 Å². The number of rotatable bonds is 2. The van der Waals surface area contributed by atoms with Crippen molar-refractivity contribution in [2.45, 2.75) is 44.6 Å². The number of hydrogen-bond acceptors (Lipinski definition) is 5. The zero-order chi connectivity index (χ0) is 17.7. The highest BCUT2D eigenvalue weighted by Crippen LogP contribution is 2.41. The Bertz CT molecular complexity index is 760. The number of fused-ring (bicyclic) bond motifs is 3. The second-order valence-electron chi connectivity index (χ2n) is 7.78. The van der Waals surface area contributed by atoms with Crippen molar-refractivity contribution in [3.05, 3.63) is 17.7 Å². The normalized spacial score (nSPS) is 28.1. The quantitative estimate of drug-likeness (QED) is 0.763. The Morgan fingerprint density at radius 1 is 0.962 bits per heavy atom. The lowest BCUT2D eigenvalue weighted by Crippen LogP contribution is -2.52. The summed E-state index contributed by atoms with van der Waals surface area (Å²) in [5.74, 6) is 1.06. The molecule has 2 atom stereocenters. The molecule has 1 aromatic carbocycles. The maximum absolute atomic E-state index is 12.7. The number of hydrogen-bond donors (Lipinski definition) is 0. The van der Waals surface area contributed by atoms with Gasteiger partial charge in [0.2, 0.25) is 0 Å². The summed E-state index contributed by atoms with van der Waals surface area (Å²) in [6.07, 6.45) is 7.55. The highest BCUT2D eigenvalue weighted by Gasteiger charge is 2.41. The van der Waals surface area contributed by atoms with Gasteiger partial charge in [-0.25, -0.2) is 0 Å². The van der Waals surface area contributed by atoms with Crippen LogP contribution in [0.15, 0.2) is 12.1 Å². The van der Waals surface area contributed by atoms with Crippen LogP contribution in [0.3, 0.4) is 0 Å². The molecular weight excluding hydrogens is 332 g/mol. The molecule has 1 saturated heterocycles.